The quantitative estimate of drug-likeness (QED) is 0.190. The summed E-state index contributed by atoms with van der Waals surface area (Å²) >= 11 is 0. The Balaban J connectivity index is 1.03. The minimum absolute atomic E-state index is 0.0186. The number of fused-ring (bicyclic) bond motifs is 3. The van der Waals surface area contributed by atoms with E-state index >= 15 is 0 Å². The number of nitrogens with one attached hydrogen (secondary N) is 1. The average molecular weight is 679 g/mol. The second kappa shape index (κ2) is 12.9. The summed E-state index contributed by atoms with van der Waals surface area (Å²) in [5.74, 6) is 0.698. The summed E-state index contributed by atoms with van der Waals surface area (Å²) in [5.41, 5.74) is 11.8. The van der Waals surface area contributed by atoms with Gasteiger partial charge in [-0.15, -0.1) is 0 Å². The molecule has 0 aliphatic carbocycles. The van der Waals surface area contributed by atoms with Gasteiger partial charge >= 0.3 is 0 Å². The van der Waals surface area contributed by atoms with Crippen LogP contribution in [0.2, 0.25) is 0 Å². The molecule has 9 aromatic rings. The van der Waals surface area contributed by atoms with Gasteiger partial charge in [0, 0.05) is 22.4 Å². The first-order chi connectivity index (χ1) is 26.2. The second-order valence-corrected chi connectivity index (χ2v) is 13.6. The van der Waals surface area contributed by atoms with Crippen molar-refractivity contribution in [2.75, 3.05) is 10.2 Å². The molecule has 1 atom stereocenters. The lowest BCUT2D eigenvalue weighted by atomic mass is 9.99. The van der Waals surface area contributed by atoms with E-state index in [-0.39, 0.29) is 6.17 Å². The fourth-order valence-electron chi connectivity index (χ4n) is 7.53. The van der Waals surface area contributed by atoms with Gasteiger partial charge in [-0.25, -0.2) is 9.97 Å². The monoisotopic (exact) mass is 678 g/mol. The van der Waals surface area contributed by atoms with Gasteiger partial charge in [-0.2, -0.15) is 0 Å². The largest absolute Gasteiger partial charge is 0.359 e. The summed E-state index contributed by atoms with van der Waals surface area (Å²) in [6, 6.07) is 68.7. The molecule has 1 aromatic heterocycles. The predicted molar refractivity (Wildman–Crippen MR) is 220 cm³/mol. The highest BCUT2D eigenvalue weighted by atomic mass is 15.3. The Hall–Kier alpha value is -7.04. The van der Waals surface area contributed by atoms with Gasteiger partial charge in [0.05, 0.1) is 22.8 Å². The molecular formula is C49H34N4. The normalized spacial score (nSPS) is 13.6. The summed E-state index contributed by atoms with van der Waals surface area (Å²) in [7, 11) is 0. The molecule has 1 unspecified atom stereocenters. The van der Waals surface area contributed by atoms with Crippen molar-refractivity contribution in [3.8, 4) is 45.0 Å². The molecule has 2 heterocycles. The number of hydrogen-bond donors (Lipinski definition) is 1. The number of benzene rings is 8. The number of anilines is 3. The Morgan fingerprint density at radius 3 is 1.64 bits per heavy atom. The Bertz CT molecular complexity index is 2680. The predicted octanol–water partition coefficient (Wildman–Crippen LogP) is 12.7. The molecule has 4 nitrogen and oxygen atoms in total. The van der Waals surface area contributed by atoms with Crippen LogP contribution < -0.4 is 10.2 Å². The molecule has 0 spiro atoms. The van der Waals surface area contributed by atoms with Gasteiger partial charge in [0.15, 0.2) is 5.82 Å². The zero-order valence-corrected chi connectivity index (χ0v) is 28.9. The smallest absolute Gasteiger partial charge is 0.160 e. The van der Waals surface area contributed by atoms with Crippen LogP contribution in [0.1, 0.15) is 11.7 Å². The van der Waals surface area contributed by atoms with Crippen LogP contribution >= 0.6 is 0 Å². The Labute approximate surface area is 308 Å². The summed E-state index contributed by atoms with van der Waals surface area (Å²) in [5, 5.41) is 8.55. The van der Waals surface area contributed by atoms with E-state index in [0.717, 1.165) is 50.6 Å². The van der Waals surface area contributed by atoms with E-state index in [4.69, 9.17) is 9.97 Å². The molecule has 0 bridgehead atoms. The van der Waals surface area contributed by atoms with E-state index in [1.165, 1.54) is 32.8 Å². The van der Waals surface area contributed by atoms with Crippen molar-refractivity contribution in [1.29, 1.82) is 0 Å². The Morgan fingerprint density at radius 1 is 0.396 bits per heavy atom. The Kier molecular flexibility index (Phi) is 7.51. The fraction of sp³-hybridized carbons (Fsp3) is 0.0204. The lowest BCUT2D eigenvalue weighted by Gasteiger charge is -2.27. The molecule has 53 heavy (non-hydrogen) atoms. The average Bonchev–Trinajstić information content (AvgIpc) is 3.63. The lowest BCUT2D eigenvalue weighted by Crippen LogP contribution is -2.23. The van der Waals surface area contributed by atoms with Gasteiger partial charge < -0.3 is 10.2 Å². The van der Waals surface area contributed by atoms with E-state index in [9.17, 15) is 0 Å². The third-order valence-electron chi connectivity index (χ3n) is 10.2. The van der Waals surface area contributed by atoms with Crippen molar-refractivity contribution in [2.24, 2.45) is 0 Å². The molecule has 1 aliphatic heterocycles. The van der Waals surface area contributed by atoms with Crippen molar-refractivity contribution in [3.63, 3.8) is 0 Å². The molecule has 0 fully saturated rings. The molecule has 250 valence electrons. The third-order valence-corrected chi connectivity index (χ3v) is 10.2. The van der Waals surface area contributed by atoms with Crippen LogP contribution in [0.15, 0.2) is 194 Å². The van der Waals surface area contributed by atoms with Gasteiger partial charge in [0.25, 0.3) is 0 Å². The topological polar surface area (TPSA) is 41.0 Å². The highest BCUT2D eigenvalue weighted by Crippen LogP contribution is 2.46. The van der Waals surface area contributed by atoms with Crippen LogP contribution in [-0.4, -0.2) is 9.97 Å². The van der Waals surface area contributed by atoms with E-state index in [0.29, 0.717) is 5.82 Å². The van der Waals surface area contributed by atoms with Crippen LogP contribution in [0, 0.1) is 0 Å². The van der Waals surface area contributed by atoms with E-state index in [1.54, 1.807) is 0 Å². The number of rotatable bonds is 6. The summed E-state index contributed by atoms with van der Waals surface area (Å²) in [4.78, 5) is 12.8. The van der Waals surface area contributed by atoms with Gasteiger partial charge in [-0.1, -0.05) is 146 Å². The standard InChI is InChI=1S/C49H34N4/c1-2-17-43(18-3-1)53-47-20-9-8-19-44(47)52-49(53)36-25-21-35(22-26-36)39-15-10-16-42(31-39)48-50-45(40-27-23-33-11-4-6-13-37(33)29-40)32-46(51-48)41-28-24-34-12-5-7-14-38(34)30-41/h1-32,49,52H. The van der Waals surface area contributed by atoms with E-state index in [2.05, 4.69) is 204 Å². The van der Waals surface area contributed by atoms with Crippen LogP contribution in [0.25, 0.3) is 66.6 Å². The number of para-hydroxylation sites is 3. The minimum atomic E-state index is -0.0186. The molecular weight excluding hydrogens is 645 g/mol. The first-order valence-electron chi connectivity index (χ1n) is 18.0. The molecule has 0 saturated heterocycles. The van der Waals surface area contributed by atoms with Crippen LogP contribution in [-0.2, 0) is 0 Å². The van der Waals surface area contributed by atoms with Gasteiger partial charge in [0.1, 0.15) is 6.17 Å². The molecule has 4 heteroatoms. The Morgan fingerprint density at radius 2 is 0.962 bits per heavy atom. The SMILES string of the molecule is c1ccc(N2c3ccccc3NC2c2ccc(-c3cccc(-c4nc(-c5ccc6ccccc6c5)cc(-c5ccc6ccccc6c5)n4)c3)cc2)cc1. The maximum atomic E-state index is 5.20. The summed E-state index contributed by atoms with van der Waals surface area (Å²) < 4.78 is 0. The van der Waals surface area contributed by atoms with Crippen molar-refractivity contribution in [1.82, 2.24) is 9.97 Å². The highest BCUT2D eigenvalue weighted by Gasteiger charge is 2.30. The van der Waals surface area contributed by atoms with Gasteiger partial charge in [-0.3, -0.25) is 0 Å². The van der Waals surface area contributed by atoms with Gasteiger partial charge in [0.2, 0.25) is 0 Å². The molecule has 1 N–H and O–H groups in total. The number of nitrogens with zero attached hydrogens (tertiary/aromatic N) is 3. The minimum Gasteiger partial charge on any atom is -0.359 e. The van der Waals surface area contributed by atoms with Crippen molar-refractivity contribution < 1.29 is 0 Å². The first-order valence-corrected chi connectivity index (χ1v) is 18.0. The zero-order valence-electron chi connectivity index (χ0n) is 28.9. The first kappa shape index (κ1) is 30.8. The summed E-state index contributed by atoms with van der Waals surface area (Å²) in [6.07, 6.45) is -0.0186. The lowest BCUT2D eigenvalue weighted by molar-refractivity contribution is 0.828. The van der Waals surface area contributed by atoms with Crippen molar-refractivity contribution in [3.05, 3.63) is 200 Å². The van der Waals surface area contributed by atoms with E-state index in [1.807, 2.05) is 0 Å². The number of aromatic nitrogens is 2. The highest BCUT2D eigenvalue weighted by molar-refractivity contribution is 5.90. The molecule has 8 aromatic carbocycles. The van der Waals surface area contributed by atoms with Crippen LogP contribution in [0.3, 0.4) is 0 Å². The molecule has 0 radical (unpaired) electrons. The summed E-state index contributed by atoms with van der Waals surface area (Å²) in [6.45, 7) is 0. The van der Waals surface area contributed by atoms with Crippen LogP contribution in [0.4, 0.5) is 17.1 Å². The second-order valence-electron chi connectivity index (χ2n) is 13.6. The van der Waals surface area contributed by atoms with Crippen molar-refractivity contribution >= 4 is 38.6 Å². The van der Waals surface area contributed by atoms with E-state index < -0.39 is 0 Å². The third kappa shape index (κ3) is 5.77. The molecule has 1 aliphatic rings. The number of hydrogen-bond acceptors (Lipinski definition) is 4. The van der Waals surface area contributed by atoms with Gasteiger partial charge in [-0.05, 0) is 86.8 Å². The van der Waals surface area contributed by atoms with Crippen LogP contribution in [0.5, 0.6) is 0 Å². The zero-order chi connectivity index (χ0) is 35.1. The maximum absolute atomic E-state index is 5.20. The maximum Gasteiger partial charge on any atom is 0.160 e. The fourth-order valence-corrected chi connectivity index (χ4v) is 7.53. The van der Waals surface area contributed by atoms with Crippen molar-refractivity contribution in [2.45, 2.75) is 6.17 Å². The molecule has 10 rings (SSSR count). The molecule has 0 saturated carbocycles. The molecule has 0 amide bonds.